The lowest BCUT2D eigenvalue weighted by atomic mass is 9.86. The molecule has 1 fully saturated rings. The van der Waals surface area contributed by atoms with E-state index in [9.17, 15) is 9.90 Å². The van der Waals surface area contributed by atoms with Gasteiger partial charge in [0.25, 0.3) is 0 Å². The summed E-state index contributed by atoms with van der Waals surface area (Å²) in [5, 5.41) is 14.9. The molecular formula is C30H35NO6. The lowest BCUT2D eigenvalue weighted by Gasteiger charge is -2.50. The molecule has 196 valence electrons. The van der Waals surface area contributed by atoms with Crippen LogP contribution in [0.25, 0.3) is 0 Å². The van der Waals surface area contributed by atoms with Crippen LogP contribution in [0.15, 0.2) is 91.0 Å². The Balaban J connectivity index is 1.61. The third kappa shape index (κ3) is 7.25. The normalized spacial score (nSPS) is 25.5. The first-order valence-electron chi connectivity index (χ1n) is 12.5. The first-order valence-corrected chi connectivity index (χ1v) is 12.5. The van der Waals surface area contributed by atoms with E-state index in [-0.39, 0.29) is 25.5 Å². The number of carbonyl (C=O) groups is 1. The number of rotatable bonds is 11. The first kappa shape index (κ1) is 27.0. The van der Waals surface area contributed by atoms with Gasteiger partial charge in [0.2, 0.25) is 5.91 Å². The Bertz CT molecular complexity index is 1100. The standard InChI is InChI=1S/C30H35NO6/c1-22(32)31-29-28(36-20-25-16-10-5-11-17-25)27(34-2)26(21-35-19-24-14-8-4-9-15-24)37-30(29,33)18-23-12-6-3-7-13-23/h3-17,26-29,33H,18-21H2,1-2H3,(H,31,32)/t26-,27-,28+,29-,30+/m1/s1. The van der Waals surface area contributed by atoms with Crippen molar-refractivity contribution < 1.29 is 28.8 Å². The van der Waals surface area contributed by atoms with Gasteiger partial charge in [-0.25, -0.2) is 0 Å². The van der Waals surface area contributed by atoms with E-state index in [1.807, 2.05) is 91.0 Å². The predicted octanol–water partition coefficient (Wildman–Crippen LogP) is 3.64. The third-order valence-electron chi connectivity index (χ3n) is 6.47. The summed E-state index contributed by atoms with van der Waals surface area (Å²) in [4.78, 5) is 12.3. The quantitative estimate of drug-likeness (QED) is 0.414. The fraction of sp³-hybridized carbons (Fsp3) is 0.367. The maximum absolute atomic E-state index is 12.3. The van der Waals surface area contributed by atoms with E-state index in [1.54, 1.807) is 7.11 Å². The Morgan fingerprint density at radius 3 is 1.95 bits per heavy atom. The van der Waals surface area contributed by atoms with E-state index in [4.69, 9.17) is 18.9 Å². The van der Waals surface area contributed by atoms with E-state index < -0.39 is 30.1 Å². The average molecular weight is 506 g/mol. The molecule has 3 aromatic rings. The first-order chi connectivity index (χ1) is 18.0. The molecule has 0 bridgehead atoms. The summed E-state index contributed by atoms with van der Waals surface area (Å²) in [5.74, 6) is -2.06. The van der Waals surface area contributed by atoms with Crippen molar-refractivity contribution in [1.29, 1.82) is 0 Å². The molecule has 1 saturated heterocycles. The van der Waals surface area contributed by atoms with E-state index >= 15 is 0 Å². The summed E-state index contributed by atoms with van der Waals surface area (Å²) in [6, 6.07) is 28.2. The van der Waals surface area contributed by atoms with Gasteiger partial charge in [0.1, 0.15) is 24.4 Å². The number of hydrogen-bond acceptors (Lipinski definition) is 6. The maximum Gasteiger partial charge on any atom is 0.217 e. The summed E-state index contributed by atoms with van der Waals surface area (Å²) >= 11 is 0. The van der Waals surface area contributed by atoms with Crippen LogP contribution in [-0.4, -0.2) is 54.9 Å². The van der Waals surface area contributed by atoms with Gasteiger partial charge < -0.3 is 29.4 Å². The molecule has 4 rings (SSSR count). The lowest BCUT2D eigenvalue weighted by molar-refractivity contribution is -0.328. The van der Waals surface area contributed by atoms with Gasteiger partial charge in [-0.1, -0.05) is 91.0 Å². The highest BCUT2D eigenvalue weighted by Crippen LogP contribution is 2.35. The molecular weight excluding hydrogens is 470 g/mol. The Labute approximate surface area is 218 Å². The number of methoxy groups -OCH3 is 1. The van der Waals surface area contributed by atoms with Crippen molar-refractivity contribution in [2.75, 3.05) is 13.7 Å². The monoisotopic (exact) mass is 505 g/mol. The zero-order chi connectivity index (χ0) is 26.1. The molecule has 5 atom stereocenters. The van der Waals surface area contributed by atoms with Crippen LogP contribution in [0.1, 0.15) is 23.6 Å². The average Bonchev–Trinajstić information content (AvgIpc) is 2.91. The van der Waals surface area contributed by atoms with Gasteiger partial charge in [-0.15, -0.1) is 0 Å². The van der Waals surface area contributed by atoms with Crippen LogP contribution in [0.5, 0.6) is 0 Å². The second-order valence-electron chi connectivity index (χ2n) is 9.30. The van der Waals surface area contributed by atoms with Gasteiger partial charge in [0.15, 0.2) is 5.79 Å². The third-order valence-corrected chi connectivity index (χ3v) is 6.47. The van der Waals surface area contributed by atoms with Gasteiger partial charge >= 0.3 is 0 Å². The van der Waals surface area contributed by atoms with Crippen molar-refractivity contribution in [3.05, 3.63) is 108 Å². The molecule has 2 N–H and O–H groups in total. The molecule has 0 saturated carbocycles. The van der Waals surface area contributed by atoms with Crippen molar-refractivity contribution >= 4 is 5.91 Å². The van der Waals surface area contributed by atoms with Gasteiger partial charge in [-0.2, -0.15) is 0 Å². The van der Waals surface area contributed by atoms with Crippen LogP contribution >= 0.6 is 0 Å². The summed E-state index contributed by atoms with van der Waals surface area (Å²) in [5.41, 5.74) is 2.86. The molecule has 0 spiro atoms. The molecule has 0 radical (unpaired) electrons. The zero-order valence-electron chi connectivity index (χ0n) is 21.3. The number of amides is 1. The zero-order valence-corrected chi connectivity index (χ0v) is 21.3. The number of benzene rings is 3. The summed E-state index contributed by atoms with van der Waals surface area (Å²) in [7, 11) is 1.57. The largest absolute Gasteiger partial charge is 0.376 e. The molecule has 7 nitrogen and oxygen atoms in total. The summed E-state index contributed by atoms with van der Waals surface area (Å²) in [6.07, 6.45) is -1.81. The van der Waals surface area contributed by atoms with Crippen LogP contribution < -0.4 is 5.32 Å². The molecule has 37 heavy (non-hydrogen) atoms. The highest BCUT2D eigenvalue weighted by atomic mass is 16.7. The highest BCUT2D eigenvalue weighted by Gasteiger charge is 2.55. The minimum absolute atomic E-state index is 0.148. The van der Waals surface area contributed by atoms with Crippen LogP contribution in [-0.2, 0) is 43.4 Å². The fourth-order valence-electron chi connectivity index (χ4n) is 4.75. The molecule has 7 heteroatoms. The van der Waals surface area contributed by atoms with Crippen molar-refractivity contribution in [2.24, 2.45) is 0 Å². The van der Waals surface area contributed by atoms with Crippen molar-refractivity contribution in [1.82, 2.24) is 5.32 Å². The number of hydrogen-bond donors (Lipinski definition) is 2. The minimum atomic E-state index is -1.76. The van der Waals surface area contributed by atoms with Gasteiger partial charge in [0.05, 0.1) is 19.8 Å². The van der Waals surface area contributed by atoms with E-state index in [0.29, 0.717) is 6.61 Å². The van der Waals surface area contributed by atoms with Crippen LogP contribution in [0.2, 0.25) is 0 Å². The Morgan fingerprint density at radius 1 is 0.865 bits per heavy atom. The number of nitrogens with one attached hydrogen (secondary N) is 1. The fourth-order valence-corrected chi connectivity index (χ4v) is 4.75. The van der Waals surface area contributed by atoms with Crippen LogP contribution in [0, 0.1) is 0 Å². The minimum Gasteiger partial charge on any atom is -0.376 e. The molecule has 0 aromatic heterocycles. The number of carbonyl (C=O) groups excluding carboxylic acids is 1. The van der Waals surface area contributed by atoms with Gasteiger partial charge in [-0.05, 0) is 16.7 Å². The molecule has 0 unspecified atom stereocenters. The van der Waals surface area contributed by atoms with E-state index in [2.05, 4.69) is 5.32 Å². The Kier molecular flexibility index (Phi) is 9.44. The van der Waals surface area contributed by atoms with Gasteiger partial charge in [-0.3, -0.25) is 4.79 Å². The van der Waals surface area contributed by atoms with Crippen molar-refractivity contribution in [2.45, 2.75) is 56.7 Å². The van der Waals surface area contributed by atoms with E-state index in [0.717, 1.165) is 16.7 Å². The van der Waals surface area contributed by atoms with Crippen LogP contribution in [0.4, 0.5) is 0 Å². The maximum atomic E-state index is 12.3. The molecule has 1 aliphatic rings. The smallest absolute Gasteiger partial charge is 0.217 e. The topological polar surface area (TPSA) is 86.3 Å². The van der Waals surface area contributed by atoms with Crippen molar-refractivity contribution in [3.8, 4) is 0 Å². The Hall–Kier alpha value is -3.07. The summed E-state index contributed by atoms with van der Waals surface area (Å²) in [6.45, 7) is 2.25. The van der Waals surface area contributed by atoms with E-state index in [1.165, 1.54) is 6.92 Å². The second kappa shape index (κ2) is 12.9. The van der Waals surface area contributed by atoms with Crippen molar-refractivity contribution in [3.63, 3.8) is 0 Å². The molecule has 0 aliphatic carbocycles. The van der Waals surface area contributed by atoms with Crippen LogP contribution in [0.3, 0.4) is 0 Å². The second-order valence-corrected chi connectivity index (χ2v) is 9.30. The lowest BCUT2D eigenvalue weighted by Crippen LogP contribution is -2.71. The SMILES string of the molecule is CO[C@H]1[C@H](OCc2ccccc2)[C@@H](NC(C)=O)[C@](O)(Cc2ccccc2)O[C@@H]1COCc1ccccc1. The Morgan fingerprint density at radius 2 is 1.41 bits per heavy atom. The molecule has 1 aliphatic heterocycles. The number of aliphatic hydroxyl groups is 1. The number of ether oxygens (including phenoxy) is 4. The predicted molar refractivity (Wildman–Crippen MR) is 139 cm³/mol. The summed E-state index contributed by atoms with van der Waals surface area (Å²) < 4.78 is 24.6. The van der Waals surface area contributed by atoms with Gasteiger partial charge in [0, 0.05) is 20.5 Å². The highest BCUT2D eigenvalue weighted by molar-refractivity contribution is 5.73. The molecule has 1 heterocycles. The molecule has 3 aromatic carbocycles. The molecule has 1 amide bonds.